The lowest BCUT2D eigenvalue weighted by molar-refractivity contribution is 0.130. The van der Waals surface area contributed by atoms with Gasteiger partial charge in [0.05, 0.1) is 5.71 Å². The van der Waals surface area contributed by atoms with E-state index in [1.807, 2.05) is 18.2 Å². The van der Waals surface area contributed by atoms with E-state index in [0.29, 0.717) is 6.61 Å². The molecule has 0 bridgehead atoms. The zero-order valence-corrected chi connectivity index (χ0v) is 11.8. The Bertz CT molecular complexity index is 451. The highest BCUT2D eigenvalue weighted by atomic mass is 16.6. The van der Waals surface area contributed by atoms with Crippen LogP contribution in [-0.4, -0.2) is 30.7 Å². The quantitative estimate of drug-likeness (QED) is 0.598. The first-order valence-corrected chi connectivity index (χ1v) is 6.90. The van der Waals surface area contributed by atoms with Crippen molar-refractivity contribution in [3.8, 4) is 0 Å². The molecule has 0 N–H and O–H groups in total. The fourth-order valence-electron chi connectivity index (χ4n) is 2.21. The van der Waals surface area contributed by atoms with E-state index in [0.717, 1.165) is 37.2 Å². The average Bonchev–Trinajstić information content (AvgIpc) is 2.45. The Hall–Kier alpha value is -1.61. The first kappa shape index (κ1) is 13.8. The zero-order valence-electron chi connectivity index (χ0n) is 11.8. The Labute approximate surface area is 115 Å². The first-order valence-electron chi connectivity index (χ1n) is 6.90. The molecule has 0 atom stereocenters. The minimum atomic E-state index is 0.535. The van der Waals surface area contributed by atoms with Crippen LogP contribution in [-0.2, 0) is 11.4 Å². The molecule has 0 unspecified atom stereocenters. The number of rotatable bonds is 5. The molecule has 19 heavy (non-hydrogen) atoms. The van der Waals surface area contributed by atoms with Crippen molar-refractivity contribution in [2.24, 2.45) is 5.16 Å². The summed E-state index contributed by atoms with van der Waals surface area (Å²) in [6, 6.07) is 10.1. The van der Waals surface area contributed by atoms with Crippen molar-refractivity contribution >= 4 is 5.71 Å². The van der Waals surface area contributed by atoms with Crippen molar-refractivity contribution in [1.29, 1.82) is 0 Å². The Morgan fingerprint density at radius 3 is 2.79 bits per heavy atom. The normalized spacial score (nSPS) is 17.2. The highest BCUT2D eigenvalue weighted by Gasteiger charge is 2.13. The van der Waals surface area contributed by atoms with Crippen LogP contribution in [0.1, 0.15) is 25.3 Å². The molecule has 0 aromatic heterocycles. The van der Waals surface area contributed by atoms with Gasteiger partial charge in [0, 0.05) is 13.1 Å². The van der Waals surface area contributed by atoms with Crippen molar-refractivity contribution in [1.82, 2.24) is 4.90 Å². The number of benzene rings is 1. The molecule has 0 saturated heterocycles. The highest BCUT2D eigenvalue weighted by Crippen LogP contribution is 2.12. The number of hydrogen-bond donors (Lipinski definition) is 0. The largest absolute Gasteiger partial charge is 0.391 e. The van der Waals surface area contributed by atoms with E-state index >= 15 is 0 Å². The third-order valence-electron chi connectivity index (χ3n) is 3.30. The van der Waals surface area contributed by atoms with Gasteiger partial charge in [-0.1, -0.05) is 48.5 Å². The molecule has 2 rings (SSSR count). The molecule has 1 aromatic carbocycles. The fourth-order valence-corrected chi connectivity index (χ4v) is 2.21. The topological polar surface area (TPSA) is 24.8 Å². The number of likely N-dealkylation sites (N-methyl/N-ethyl adjacent to an activating group) is 1. The van der Waals surface area contributed by atoms with E-state index in [4.69, 9.17) is 4.84 Å². The van der Waals surface area contributed by atoms with Crippen LogP contribution in [0.4, 0.5) is 0 Å². The minimum absolute atomic E-state index is 0.535. The highest BCUT2D eigenvalue weighted by molar-refractivity contribution is 6.00. The summed E-state index contributed by atoms with van der Waals surface area (Å²) in [5.74, 6) is 0. The summed E-state index contributed by atoms with van der Waals surface area (Å²) in [6.45, 7) is 4.76. The molecule has 102 valence electrons. The van der Waals surface area contributed by atoms with Crippen LogP contribution in [0, 0.1) is 0 Å². The second kappa shape index (κ2) is 7.10. The standard InChI is InChI=1S/C16H22N2O/c1-3-16(15-10-7-11-18(2)12-15)17-19-13-14-8-5-4-6-9-14/h4-6,8-10H,3,7,11-13H2,1-2H3. The van der Waals surface area contributed by atoms with Crippen LogP contribution in [0.2, 0.25) is 0 Å². The van der Waals surface area contributed by atoms with Gasteiger partial charge in [-0.05, 0) is 31.0 Å². The van der Waals surface area contributed by atoms with Gasteiger partial charge in [-0.25, -0.2) is 0 Å². The van der Waals surface area contributed by atoms with Crippen molar-refractivity contribution in [3.05, 3.63) is 47.5 Å². The van der Waals surface area contributed by atoms with Gasteiger partial charge in [-0.2, -0.15) is 0 Å². The van der Waals surface area contributed by atoms with E-state index < -0.39 is 0 Å². The average molecular weight is 258 g/mol. The van der Waals surface area contributed by atoms with Crippen LogP contribution < -0.4 is 0 Å². The van der Waals surface area contributed by atoms with Gasteiger partial charge in [-0.15, -0.1) is 0 Å². The third-order valence-corrected chi connectivity index (χ3v) is 3.30. The van der Waals surface area contributed by atoms with Gasteiger partial charge >= 0.3 is 0 Å². The SMILES string of the molecule is CCC(=NOCc1ccccc1)C1=CCCN(C)C1. The second-order valence-corrected chi connectivity index (χ2v) is 4.91. The summed E-state index contributed by atoms with van der Waals surface area (Å²) in [5.41, 5.74) is 3.53. The molecular formula is C16H22N2O. The summed E-state index contributed by atoms with van der Waals surface area (Å²) in [7, 11) is 2.14. The zero-order chi connectivity index (χ0) is 13.5. The Balaban J connectivity index is 1.94. The molecule has 3 heteroatoms. The van der Waals surface area contributed by atoms with Crippen molar-refractivity contribution in [2.45, 2.75) is 26.4 Å². The van der Waals surface area contributed by atoms with E-state index in [9.17, 15) is 0 Å². The molecule has 0 spiro atoms. The number of nitrogens with zero attached hydrogens (tertiary/aromatic N) is 2. The van der Waals surface area contributed by atoms with Crippen molar-refractivity contribution in [2.75, 3.05) is 20.1 Å². The molecule has 0 radical (unpaired) electrons. The molecule has 0 amide bonds. The molecule has 1 aliphatic heterocycles. The minimum Gasteiger partial charge on any atom is -0.391 e. The van der Waals surface area contributed by atoms with E-state index in [1.54, 1.807) is 0 Å². The Kier molecular flexibility index (Phi) is 5.16. The molecular weight excluding hydrogens is 236 g/mol. The predicted molar refractivity (Wildman–Crippen MR) is 79.2 cm³/mol. The second-order valence-electron chi connectivity index (χ2n) is 4.91. The van der Waals surface area contributed by atoms with Crippen LogP contribution in [0.5, 0.6) is 0 Å². The maximum absolute atomic E-state index is 5.49. The number of oxime groups is 1. The molecule has 3 nitrogen and oxygen atoms in total. The van der Waals surface area contributed by atoms with Crippen LogP contribution >= 0.6 is 0 Å². The molecule has 0 fully saturated rings. The lowest BCUT2D eigenvalue weighted by Gasteiger charge is -2.23. The van der Waals surface area contributed by atoms with E-state index in [2.05, 4.69) is 42.2 Å². The van der Waals surface area contributed by atoms with Crippen LogP contribution in [0.3, 0.4) is 0 Å². The van der Waals surface area contributed by atoms with Gasteiger partial charge in [-0.3, -0.25) is 0 Å². The molecule has 0 saturated carbocycles. The molecule has 1 aromatic rings. The van der Waals surface area contributed by atoms with Gasteiger partial charge in [0.15, 0.2) is 0 Å². The van der Waals surface area contributed by atoms with Crippen molar-refractivity contribution < 1.29 is 4.84 Å². The summed E-state index contributed by atoms with van der Waals surface area (Å²) in [5, 5.41) is 4.32. The first-order chi connectivity index (χ1) is 9.29. The summed E-state index contributed by atoms with van der Waals surface area (Å²) in [6.07, 6.45) is 4.30. The summed E-state index contributed by atoms with van der Waals surface area (Å²) in [4.78, 5) is 7.81. The maximum atomic E-state index is 5.49. The van der Waals surface area contributed by atoms with Crippen LogP contribution in [0.15, 0.2) is 47.1 Å². The Morgan fingerprint density at radius 1 is 1.32 bits per heavy atom. The smallest absolute Gasteiger partial charge is 0.142 e. The fraction of sp³-hybridized carbons (Fsp3) is 0.438. The van der Waals surface area contributed by atoms with Crippen LogP contribution in [0.25, 0.3) is 0 Å². The summed E-state index contributed by atoms with van der Waals surface area (Å²) >= 11 is 0. The molecule has 1 aliphatic rings. The number of hydrogen-bond acceptors (Lipinski definition) is 3. The van der Waals surface area contributed by atoms with Crippen molar-refractivity contribution in [3.63, 3.8) is 0 Å². The maximum Gasteiger partial charge on any atom is 0.142 e. The summed E-state index contributed by atoms with van der Waals surface area (Å²) < 4.78 is 0. The molecule has 1 heterocycles. The third kappa shape index (κ3) is 4.21. The monoisotopic (exact) mass is 258 g/mol. The van der Waals surface area contributed by atoms with Gasteiger partial charge in [0.2, 0.25) is 0 Å². The lowest BCUT2D eigenvalue weighted by atomic mass is 10.0. The van der Waals surface area contributed by atoms with E-state index in [-0.39, 0.29) is 0 Å². The van der Waals surface area contributed by atoms with E-state index in [1.165, 1.54) is 5.57 Å². The Morgan fingerprint density at radius 2 is 2.11 bits per heavy atom. The van der Waals surface area contributed by atoms with Gasteiger partial charge in [0.1, 0.15) is 6.61 Å². The predicted octanol–water partition coefficient (Wildman–Crippen LogP) is 3.23. The van der Waals surface area contributed by atoms with Gasteiger partial charge in [0.25, 0.3) is 0 Å². The van der Waals surface area contributed by atoms with Gasteiger partial charge < -0.3 is 9.74 Å². The molecule has 0 aliphatic carbocycles. The lowest BCUT2D eigenvalue weighted by Crippen LogP contribution is -2.28.